The van der Waals surface area contributed by atoms with Crippen LogP contribution in [0.3, 0.4) is 0 Å². The Hall–Kier alpha value is -0.0900. The maximum atomic E-state index is 10.0. The van der Waals surface area contributed by atoms with Gasteiger partial charge in [0, 0.05) is 11.8 Å². The molecule has 0 saturated carbocycles. The molecule has 0 radical (unpaired) electrons. The second kappa shape index (κ2) is 3.86. The fraction of sp³-hybridized carbons (Fsp3) is 0.750. The van der Waals surface area contributed by atoms with Gasteiger partial charge in [0.05, 0.1) is 0 Å². The normalized spacial score (nSPS) is 13.2. The van der Waals surface area contributed by atoms with Gasteiger partial charge in [-0.1, -0.05) is 15.9 Å². The Kier molecular flexibility index (Phi) is 3.81. The van der Waals surface area contributed by atoms with Gasteiger partial charge < -0.3 is 10.8 Å². The van der Waals surface area contributed by atoms with E-state index in [2.05, 4.69) is 21.7 Å². The monoisotopic (exact) mass is 182 g/mol. The molecule has 0 amide bonds. The fourth-order valence-electron chi connectivity index (χ4n) is 0.255. The minimum atomic E-state index is -0.829. The summed E-state index contributed by atoms with van der Waals surface area (Å²) in [5.74, 6) is -0.829. The van der Waals surface area contributed by atoms with E-state index in [1.165, 1.54) is 0 Å². The number of quaternary nitrogens is 1. The molecule has 0 aliphatic rings. The molecule has 0 aliphatic heterocycles. The molecule has 0 aromatic carbocycles. The van der Waals surface area contributed by atoms with Crippen molar-refractivity contribution in [3.8, 4) is 0 Å². The quantitative estimate of drug-likeness (QED) is 0.577. The van der Waals surface area contributed by atoms with Crippen molar-refractivity contribution in [2.75, 3.05) is 5.33 Å². The lowest BCUT2D eigenvalue weighted by Gasteiger charge is -1.96. The number of aliphatic carboxylic acids is 1. The highest BCUT2D eigenvalue weighted by Gasteiger charge is 2.12. The van der Waals surface area contributed by atoms with E-state index in [9.17, 15) is 4.79 Å². The summed E-state index contributed by atoms with van der Waals surface area (Å²) >= 11 is 3.11. The molecule has 0 fully saturated rings. The van der Waals surface area contributed by atoms with E-state index in [0.717, 1.165) is 0 Å². The smallest absolute Gasteiger partial charge is 0.362 e. The van der Waals surface area contributed by atoms with Crippen LogP contribution in [0.2, 0.25) is 0 Å². The zero-order valence-electron chi connectivity index (χ0n) is 4.43. The molecule has 8 heavy (non-hydrogen) atoms. The molecule has 0 aliphatic carbocycles. The zero-order valence-corrected chi connectivity index (χ0v) is 6.02. The van der Waals surface area contributed by atoms with Gasteiger partial charge in [-0.15, -0.1) is 0 Å². The Balaban J connectivity index is 3.32. The van der Waals surface area contributed by atoms with E-state index in [0.29, 0.717) is 11.8 Å². The standard InChI is InChI=1S/C4H8BrNO2/c5-2-1-3(6)4(7)8/h3H,1-2,6H2,(H,7,8)/p+1/t3-/m1/s1. The number of carbonyl (C=O) groups is 1. The zero-order chi connectivity index (χ0) is 6.57. The third-order valence-electron chi connectivity index (χ3n) is 0.807. The Morgan fingerprint density at radius 3 is 2.50 bits per heavy atom. The topological polar surface area (TPSA) is 64.9 Å². The van der Waals surface area contributed by atoms with Gasteiger partial charge in [-0.25, -0.2) is 4.79 Å². The molecular formula is C4H9BrNO2+. The summed E-state index contributed by atoms with van der Waals surface area (Å²) in [5, 5.41) is 8.93. The van der Waals surface area contributed by atoms with Crippen LogP contribution in [0.4, 0.5) is 0 Å². The summed E-state index contributed by atoms with van der Waals surface area (Å²) in [6.07, 6.45) is 0.593. The second-order valence-corrected chi connectivity index (χ2v) is 2.31. The van der Waals surface area contributed by atoms with Crippen molar-refractivity contribution in [2.45, 2.75) is 12.5 Å². The lowest BCUT2D eigenvalue weighted by molar-refractivity contribution is -0.407. The van der Waals surface area contributed by atoms with Crippen LogP contribution in [-0.4, -0.2) is 22.4 Å². The summed E-state index contributed by atoms with van der Waals surface area (Å²) in [5.41, 5.74) is 3.40. The van der Waals surface area contributed by atoms with Crippen LogP contribution in [-0.2, 0) is 4.79 Å². The highest BCUT2D eigenvalue weighted by Crippen LogP contribution is 1.89. The largest absolute Gasteiger partial charge is 0.477 e. The average Bonchev–Trinajstić information content (AvgIpc) is 1.67. The van der Waals surface area contributed by atoms with Crippen LogP contribution in [0, 0.1) is 0 Å². The lowest BCUT2D eigenvalue weighted by Crippen LogP contribution is -2.65. The van der Waals surface area contributed by atoms with Crippen molar-refractivity contribution >= 4 is 21.9 Å². The van der Waals surface area contributed by atoms with Crippen molar-refractivity contribution in [1.29, 1.82) is 0 Å². The number of carboxylic acids is 1. The first kappa shape index (κ1) is 7.91. The Labute approximate surface area is 56.0 Å². The molecule has 0 aromatic rings. The molecule has 0 rings (SSSR count). The van der Waals surface area contributed by atoms with E-state index < -0.39 is 12.0 Å². The molecular weight excluding hydrogens is 174 g/mol. The van der Waals surface area contributed by atoms with Crippen LogP contribution < -0.4 is 5.73 Å². The summed E-state index contributed by atoms with van der Waals surface area (Å²) in [6.45, 7) is 0. The highest BCUT2D eigenvalue weighted by atomic mass is 79.9. The second-order valence-electron chi connectivity index (χ2n) is 1.51. The van der Waals surface area contributed by atoms with E-state index in [1.54, 1.807) is 0 Å². The van der Waals surface area contributed by atoms with Gasteiger partial charge in [-0.05, 0) is 0 Å². The van der Waals surface area contributed by atoms with Crippen LogP contribution in [0.25, 0.3) is 0 Å². The molecule has 0 heterocycles. The van der Waals surface area contributed by atoms with Crippen molar-refractivity contribution < 1.29 is 15.6 Å². The van der Waals surface area contributed by atoms with E-state index in [1.807, 2.05) is 0 Å². The first-order valence-electron chi connectivity index (χ1n) is 2.30. The third kappa shape index (κ3) is 2.98. The van der Waals surface area contributed by atoms with Crippen LogP contribution >= 0.6 is 15.9 Å². The summed E-state index contributed by atoms with van der Waals surface area (Å²) in [4.78, 5) is 10.0. The first-order valence-corrected chi connectivity index (χ1v) is 3.42. The first-order chi connectivity index (χ1) is 3.68. The molecule has 48 valence electrons. The van der Waals surface area contributed by atoms with Gasteiger partial charge in [-0.2, -0.15) is 0 Å². The van der Waals surface area contributed by atoms with Crippen LogP contribution in [0.5, 0.6) is 0 Å². The van der Waals surface area contributed by atoms with Crippen molar-refractivity contribution in [3.63, 3.8) is 0 Å². The van der Waals surface area contributed by atoms with Gasteiger partial charge in [0.25, 0.3) is 0 Å². The minimum Gasteiger partial charge on any atom is -0.477 e. The van der Waals surface area contributed by atoms with Crippen molar-refractivity contribution in [1.82, 2.24) is 0 Å². The van der Waals surface area contributed by atoms with Gasteiger partial charge >= 0.3 is 5.97 Å². The Bertz CT molecular complexity index is 86.1. The van der Waals surface area contributed by atoms with Gasteiger partial charge in [0.2, 0.25) is 0 Å². The molecule has 4 N–H and O–H groups in total. The maximum Gasteiger partial charge on any atom is 0.362 e. The van der Waals surface area contributed by atoms with Gasteiger partial charge in [0.15, 0.2) is 6.04 Å². The SMILES string of the molecule is [NH3+][C@H](CCBr)C(=O)O. The maximum absolute atomic E-state index is 10.0. The van der Waals surface area contributed by atoms with E-state index >= 15 is 0 Å². The molecule has 1 atom stereocenters. The van der Waals surface area contributed by atoms with Gasteiger partial charge in [0.1, 0.15) is 0 Å². The predicted molar refractivity (Wildman–Crippen MR) is 32.7 cm³/mol. The lowest BCUT2D eigenvalue weighted by atomic mass is 10.2. The molecule has 0 aromatic heterocycles. The van der Waals surface area contributed by atoms with Crippen LogP contribution in [0.15, 0.2) is 0 Å². The Morgan fingerprint density at radius 2 is 2.38 bits per heavy atom. The number of rotatable bonds is 3. The Morgan fingerprint density at radius 1 is 1.88 bits per heavy atom. The average molecular weight is 183 g/mol. The third-order valence-corrected chi connectivity index (χ3v) is 1.26. The van der Waals surface area contributed by atoms with E-state index in [-0.39, 0.29) is 0 Å². The predicted octanol–water partition coefficient (Wildman–Crippen LogP) is -0.534. The van der Waals surface area contributed by atoms with Crippen LogP contribution in [0.1, 0.15) is 6.42 Å². The molecule has 0 spiro atoms. The molecule has 0 bridgehead atoms. The molecule has 3 nitrogen and oxygen atoms in total. The van der Waals surface area contributed by atoms with Crippen molar-refractivity contribution in [2.24, 2.45) is 0 Å². The minimum absolute atomic E-state index is 0.464. The molecule has 0 unspecified atom stereocenters. The van der Waals surface area contributed by atoms with Gasteiger partial charge in [-0.3, -0.25) is 0 Å². The number of hydrogen-bond donors (Lipinski definition) is 2. The molecule has 0 saturated heterocycles. The molecule has 4 heteroatoms. The highest BCUT2D eigenvalue weighted by molar-refractivity contribution is 9.09. The summed E-state index contributed by atoms with van der Waals surface area (Å²) in [6, 6.07) is -0.464. The summed E-state index contributed by atoms with van der Waals surface area (Å²) in [7, 11) is 0. The number of carboxylic acid groups (broad SMARTS) is 1. The number of alkyl halides is 1. The van der Waals surface area contributed by atoms with Crippen molar-refractivity contribution in [3.05, 3.63) is 0 Å². The number of hydrogen-bond acceptors (Lipinski definition) is 1. The van der Waals surface area contributed by atoms with E-state index in [4.69, 9.17) is 5.11 Å². The number of halogens is 1. The fourth-order valence-corrected chi connectivity index (χ4v) is 0.808. The summed E-state index contributed by atoms with van der Waals surface area (Å²) < 4.78 is 0.